The SMILES string of the molecule is CCN(C(=O)c1cc(F)ccc1N1CCN(C2CCN(C(=O)[C@H]3NC4CC3C[C@@H]4CC3CC3)C2)c2ncncc21)C(C)C. The van der Waals surface area contributed by atoms with E-state index in [0.29, 0.717) is 49.4 Å². The number of halogens is 1. The van der Waals surface area contributed by atoms with E-state index in [1.54, 1.807) is 23.5 Å². The van der Waals surface area contributed by atoms with Crippen LogP contribution >= 0.6 is 0 Å². The summed E-state index contributed by atoms with van der Waals surface area (Å²) in [6.45, 7) is 9.13. The predicted molar refractivity (Wildman–Crippen MR) is 164 cm³/mol. The zero-order valence-corrected chi connectivity index (χ0v) is 25.6. The number of benzene rings is 1. The van der Waals surface area contributed by atoms with E-state index in [2.05, 4.69) is 20.1 Å². The molecule has 0 radical (unpaired) electrons. The van der Waals surface area contributed by atoms with Gasteiger partial charge in [0.1, 0.15) is 17.8 Å². The Kier molecular flexibility index (Phi) is 7.51. The van der Waals surface area contributed by atoms with Crippen molar-refractivity contribution in [2.24, 2.45) is 17.8 Å². The molecule has 2 aromatic rings. The van der Waals surface area contributed by atoms with Gasteiger partial charge in [-0.1, -0.05) is 12.8 Å². The predicted octanol–water partition coefficient (Wildman–Crippen LogP) is 4.21. The lowest BCUT2D eigenvalue weighted by atomic mass is 9.90. The summed E-state index contributed by atoms with van der Waals surface area (Å²) in [6.07, 6.45) is 10.7. The number of amides is 2. The van der Waals surface area contributed by atoms with E-state index in [0.717, 1.165) is 42.7 Å². The molecule has 5 aliphatic rings. The lowest BCUT2D eigenvalue weighted by Gasteiger charge is -2.41. The quantitative estimate of drug-likeness (QED) is 0.494. The van der Waals surface area contributed by atoms with E-state index in [4.69, 9.17) is 4.98 Å². The van der Waals surface area contributed by atoms with Crippen molar-refractivity contribution in [2.75, 3.05) is 42.5 Å². The molecule has 2 saturated carbocycles. The first-order chi connectivity index (χ1) is 20.8. The minimum Gasteiger partial charge on any atom is -0.348 e. The van der Waals surface area contributed by atoms with Gasteiger partial charge in [-0.15, -0.1) is 0 Å². The van der Waals surface area contributed by atoms with Crippen molar-refractivity contribution in [1.29, 1.82) is 0 Å². The Hall–Kier alpha value is -3.27. The van der Waals surface area contributed by atoms with E-state index in [-0.39, 0.29) is 29.9 Å². The number of piperidine rings is 1. The topological polar surface area (TPSA) is 84.9 Å². The largest absolute Gasteiger partial charge is 0.348 e. The second-order valence-corrected chi connectivity index (χ2v) is 13.6. The molecular weight excluding hydrogens is 545 g/mol. The summed E-state index contributed by atoms with van der Waals surface area (Å²) in [4.78, 5) is 44.5. The Morgan fingerprint density at radius 1 is 1.12 bits per heavy atom. The van der Waals surface area contributed by atoms with Crippen LogP contribution in [0.3, 0.4) is 0 Å². The number of nitrogens with zero attached hydrogens (tertiary/aromatic N) is 6. The molecule has 1 aromatic carbocycles. The molecule has 2 amide bonds. The zero-order chi connectivity index (χ0) is 29.8. The number of hydrogen-bond acceptors (Lipinski definition) is 7. The van der Waals surface area contributed by atoms with Gasteiger partial charge in [-0.05, 0) is 82.4 Å². The molecule has 2 aliphatic carbocycles. The summed E-state index contributed by atoms with van der Waals surface area (Å²) >= 11 is 0. The number of aromatic nitrogens is 2. The highest BCUT2D eigenvalue weighted by Gasteiger charge is 2.50. The van der Waals surface area contributed by atoms with Crippen LogP contribution in [0.15, 0.2) is 30.7 Å². The van der Waals surface area contributed by atoms with Crippen LogP contribution in [-0.2, 0) is 4.79 Å². The second-order valence-electron chi connectivity index (χ2n) is 13.6. The maximum Gasteiger partial charge on any atom is 0.256 e. The summed E-state index contributed by atoms with van der Waals surface area (Å²) in [6, 6.07) is 5.08. The summed E-state index contributed by atoms with van der Waals surface area (Å²) in [7, 11) is 0. The van der Waals surface area contributed by atoms with Crippen molar-refractivity contribution < 1.29 is 14.0 Å². The van der Waals surface area contributed by atoms with Crippen molar-refractivity contribution >= 4 is 29.0 Å². The van der Waals surface area contributed by atoms with E-state index in [9.17, 15) is 14.0 Å². The number of fused-ring (bicyclic) bond motifs is 3. The van der Waals surface area contributed by atoms with Gasteiger partial charge in [-0.25, -0.2) is 14.4 Å². The van der Waals surface area contributed by atoms with E-state index in [1.165, 1.54) is 37.8 Å². The lowest BCUT2D eigenvalue weighted by molar-refractivity contribution is -0.133. The standard InChI is InChI=1S/C33H44FN7O2/c1-4-39(20(2)3)32(42)26-16-24(34)7-8-28(26)41-12-11-40(31-29(41)17-35-19-36-31)25-9-10-38(18-25)33(43)30-23-14-22(13-21-5-6-21)27(15-23)37-30/h7-8,16-17,19-23,25,27,30,37H,4-6,9-15,18H2,1-3H3/t22-,23?,25?,27?,30-/m0/s1. The highest BCUT2D eigenvalue weighted by molar-refractivity contribution is 6.01. The molecule has 2 saturated heterocycles. The number of carbonyl (C=O) groups is 2. The smallest absolute Gasteiger partial charge is 0.256 e. The zero-order valence-electron chi connectivity index (χ0n) is 25.6. The molecule has 1 N–H and O–H groups in total. The van der Waals surface area contributed by atoms with Gasteiger partial charge in [-0.2, -0.15) is 0 Å². The maximum atomic E-state index is 14.5. The Labute approximate surface area is 253 Å². The molecule has 10 heteroatoms. The first-order valence-electron chi connectivity index (χ1n) is 16.3. The Morgan fingerprint density at radius 3 is 2.67 bits per heavy atom. The molecule has 9 nitrogen and oxygen atoms in total. The number of nitrogens with one attached hydrogen (secondary N) is 1. The molecular formula is C33H44FN7O2. The van der Waals surface area contributed by atoms with E-state index in [1.807, 2.05) is 25.7 Å². The Morgan fingerprint density at radius 2 is 1.95 bits per heavy atom. The molecule has 7 rings (SSSR count). The first kappa shape index (κ1) is 28.5. The van der Waals surface area contributed by atoms with Crippen molar-refractivity contribution in [2.45, 2.75) is 83.5 Å². The molecule has 3 aliphatic heterocycles. The van der Waals surface area contributed by atoms with Gasteiger partial charge in [0.25, 0.3) is 5.91 Å². The molecule has 4 fully saturated rings. The number of hydrogen-bond donors (Lipinski definition) is 1. The van der Waals surface area contributed by atoms with Gasteiger partial charge < -0.3 is 24.9 Å². The minimum atomic E-state index is -0.436. The normalized spacial score (nSPS) is 28.1. The number of rotatable bonds is 8. The third-order valence-corrected chi connectivity index (χ3v) is 10.6. The fourth-order valence-corrected chi connectivity index (χ4v) is 8.30. The van der Waals surface area contributed by atoms with Crippen molar-refractivity contribution in [3.63, 3.8) is 0 Å². The molecule has 4 heterocycles. The third kappa shape index (κ3) is 5.25. The van der Waals surface area contributed by atoms with Crippen LogP contribution in [0.4, 0.5) is 21.6 Å². The highest BCUT2D eigenvalue weighted by Crippen LogP contribution is 2.47. The summed E-state index contributed by atoms with van der Waals surface area (Å²) < 4.78 is 14.5. The molecule has 1 aromatic heterocycles. The van der Waals surface area contributed by atoms with Gasteiger partial charge >= 0.3 is 0 Å². The van der Waals surface area contributed by atoms with Crippen LogP contribution in [0.25, 0.3) is 0 Å². The van der Waals surface area contributed by atoms with E-state index >= 15 is 0 Å². The number of carbonyl (C=O) groups excluding carboxylic acids is 2. The van der Waals surface area contributed by atoms with Crippen molar-refractivity contribution in [1.82, 2.24) is 25.1 Å². The Bertz CT molecular complexity index is 1380. The number of likely N-dealkylation sites (tertiary alicyclic amines) is 1. The monoisotopic (exact) mass is 589 g/mol. The van der Waals surface area contributed by atoms with Crippen LogP contribution in [0.2, 0.25) is 0 Å². The molecule has 5 atom stereocenters. The van der Waals surface area contributed by atoms with Gasteiger partial charge in [0, 0.05) is 50.8 Å². The first-order valence-corrected chi connectivity index (χ1v) is 16.3. The maximum absolute atomic E-state index is 14.5. The minimum absolute atomic E-state index is 0.00659. The average molecular weight is 590 g/mol. The summed E-state index contributed by atoms with van der Waals surface area (Å²) in [5.74, 6) is 2.60. The third-order valence-electron chi connectivity index (χ3n) is 10.6. The van der Waals surface area contributed by atoms with Crippen molar-refractivity contribution in [3.8, 4) is 0 Å². The van der Waals surface area contributed by atoms with Gasteiger partial charge in [0.05, 0.1) is 23.5 Å². The van der Waals surface area contributed by atoms with Gasteiger partial charge in [0.15, 0.2) is 5.82 Å². The molecule has 0 spiro atoms. The fourth-order valence-electron chi connectivity index (χ4n) is 8.30. The van der Waals surface area contributed by atoms with Crippen LogP contribution in [0.5, 0.6) is 0 Å². The molecule has 2 bridgehead atoms. The van der Waals surface area contributed by atoms with Gasteiger partial charge in [0.2, 0.25) is 5.91 Å². The lowest BCUT2D eigenvalue weighted by Crippen LogP contribution is -2.52. The van der Waals surface area contributed by atoms with Crippen LogP contribution in [0, 0.1) is 23.6 Å². The molecule has 230 valence electrons. The van der Waals surface area contributed by atoms with Crippen molar-refractivity contribution in [3.05, 3.63) is 42.1 Å². The Balaban J connectivity index is 1.07. The van der Waals surface area contributed by atoms with Crippen LogP contribution < -0.4 is 15.1 Å². The van der Waals surface area contributed by atoms with E-state index < -0.39 is 5.82 Å². The highest BCUT2D eigenvalue weighted by atomic mass is 19.1. The number of anilines is 3. The average Bonchev–Trinajstić information content (AvgIpc) is 3.36. The molecule has 3 unspecified atom stereocenters. The summed E-state index contributed by atoms with van der Waals surface area (Å²) in [5.41, 5.74) is 1.80. The second kappa shape index (κ2) is 11.3. The molecule has 43 heavy (non-hydrogen) atoms. The van der Waals surface area contributed by atoms with Crippen LogP contribution in [0.1, 0.15) is 69.7 Å². The van der Waals surface area contributed by atoms with Gasteiger partial charge in [-0.3, -0.25) is 9.59 Å². The summed E-state index contributed by atoms with van der Waals surface area (Å²) in [5, 5.41) is 3.73. The fraction of sp³-hybridized carbons (Fsp3) is 0.636. The van der Waals surface area contributed by atoms with Crippen LogP contribution in [-0.4, -0.2) is 88.5 Å².